The normalized spacial score (nSPS) is 27.6. The van der Waals surface area contributed by atoms with Crippen molar-refractivity contribution >= 4 is 16.8 Å². The molecule has 3 heterocycles. The molecule has 2 fully saturated rings. The van der Waals surface area contributed by atoms with Crippen LogP contribution in [0.15, 0.2) is 30.5 Å². The third-order valence-electron chi connectivity index (χ3n) is 5.61. The zero-order valence-electron chi connectivity index (χ0n) is 14.8. The standard InChI is InChI=1S/C20H27N3O2/c1-14-12-23(13-17-3-2-10-25-17)9-7-18(14)22-20(24)16-5-4-15-6-8-21-19(15)11-16/h4-6,8,11,14,17-18,21H,2-3,7,9-10,12-13H2,1H3,(H,22,24)/t14-,17+,18+/m1/s1. The van der Waals surface area contributed by atoms with Crippen molar-refractivity contribution in [2.45, 2.75) is 38.3 Å². The van der Waals surface area contributed by atoms with Crippen LogP contribution in [0, 0.1) is 5.92 Å². The number of benzene rings is 1. The second kappa shape index (κ2) is 7.18. The molecular weight excluding hydrogens is 314 g/mol. The highest BCUT2D eigenvalue weighted by Crippen LogP contribution is 2.21. The van der Waals surface area contributed by atoms with Crippen LogP contribution in [-0.2, 0) is 4.74 Å². The van der Waals surface area contributed by atoms with Crippen LogP contribution in [0.5, 0.6) is 0 Å². The zero-order chi connectivity index (χ0) is 17.2. The number of carbonyl (C=O) groups excluding carboxylic acids is 1. The lowest BCUT2D eigenvalue weighted by Crippen LogP contribution is -2.51. The fourth-order valence-electron chi connectivity index (χ4n) is 4.13. The second-order valence-corrected chi connectivity index (χ2v) is 7.52. The van der Waals surface area contributed by atoms with Crippen molar-refractivity contribution < 1.29 is 9.53 Å². The number of amides is 1. The van der Waals surface area contributed by atoms with Gasteiger partial charge in [0.2, 0.25) is 0 Å². The summed E-state index contributed by atoms with van der Waals surface area (Å²) in [7, 11) is 0. The van der Waals surface area contributed by atoms with Crippen LogP contribution in [-0.4, -0.2) is 54.2 Å². The number of ether oxygens (including phenoxy) is 1. The number of aromatic nitrogens is 1. The Hall–Kier alpha value is -1.85. The van der Waals surface area contributed by atoms with Gasteiger partial charge in [-0.3, -0.25) is 4.79 Å². The molecule has 1 aromatic carbocycles. The molecule has 3 atom stereocenters. The number of carbonyl (C=O) groups is 1. The maximum absolute atomic E-state index is 12.6. The Morgan fingerprint density at radius 1 is 1.36 bits per heavy atom. The highest BCUT2D eigenvalue weighted by molar-refractivity contribution is 5.98. The van der Waals surface area contributed by atoms with E-state index < -0.39 is 0 Å². The van der Waals surface area contributed by atoms with Crippen LogP contribution in [0.3, 0.4) is 0 Å². The summed E-state index contributed by atoms with van der Waals surface area (Å²) >= 11 is 0. The SMILES string of the molecule is C[C@@H]1CN(C[C@@H]2CCCO2)CC[C@@H]1NC(=O)c1ccc2cc[nH]c2c1. The quantitative estimate of drug-likeness (QED) is 0.899. The lowest BCUT2D eigenvalue weighted by atomic mass is 9.93. The van der Waals surface area contributed by atoms with Gasteiger partial charge in [-0.2, -0.15) is 0 Å². The van der Waals surface area contributed by atoms with Gasteiger partial charge in [-0.1, -0.05) is 13.0 Å². The number of likely N-dealkylation sites (tertiary alicyclic amines) is 1. The topological polar surface area (TPSA) is 57.4 Å². The molecule has 0 aliphatic carbocycles. The molecular formula is C20H27N3O2. The molecule has 2 aliphatic heterocycles. The highest BCUT2D eigenvalue weighted by atomic mass is 16.5. The average molecular weight is 341 g/mol. The minimum absolute atomic E-state index is 0.0286. The molecule has 1 amide bonds. The maximum atomic E-state index is 12.6. The van der Waals surface area contributed by atoms with Crippen molar-refractivity contribution in [3.8, 4) is 0 Å². The first-order valence-corrected chi connectivity index (χ1v) is 9.41. The van der Waals surface area contributed by atoms with E-state index in [4.69, 9.17) is 4.74 Å². The Morgan fingerprint density at radius 2 is 2.28 bits per heavy atom. The van der Waals surface area contributed by atoms with Crippen LogP contribution >= 0.6 is 0 Å². The van der Waals surface area contributed by atoms with Crippen molar-refractivity contribution in [1.82, 2.24) is 15.2 Å². The molecule has 0 bridgehead atoms. The van der Waals surface area contributed by atoms with Crippen LogP contribution < -0.4 is 5.32 Å². The summed E-state index contributed by atoms with van der Waals surface area (Å²) in [5.41, 5.74) is 1.73. The molecule has 4 rings (SSSR count). The molecule has 2 aliphatic rings. The second-order valence-electron chi connectivity index (χ2n) is 7.52. The predicted molar refractivity (Wildman–Crippen MR) is 98.7 cm³/mol. The molecule has 0 radical (unpaired) electrons. The summed E-state index contributed by atoms with van der Waals surface area (Å²) in [6.45, 7) is 6.25. The maximum Gasteiger partial charge on any atom is 0.251 e. The summed E-state index contributed by atoms with van der Waals surface area (Å²) in [5.74, 6) is 0.481. The molecule has 0 spiro atoms. The van der Waals surface area contributed by atoms with Crippen LogP contribution in [0.2, 0.25) is 0 Å². The molecule has 5 nitrogen and oxygen atoms in total. The Kier molecular flexibility index (Phi) is 4.77. The van der Waals surface area contributed by atoms with E-state index in [2.05, 4.69) is 22.1 Å². The lowest BCUT2D eigenvalue weighted by molar-refractivity contribution is 0.0498. The zero-order valence-corrected chi connectivity index (χ0v) is 14.8. The first-order chi connectivity index (χ1) is 12.2. The van der Waals surface area contributed by atoms with E-state index in [0.717, 1.165) is 49.1 Å². The fraction of sp³-hybridized carbons (Fsp3) is 0.550. The Balaban J connectivity index is 1.33. The molecule has 1 aromatic heterocycles. The van der Waals surface area contributed by atoms with Gasteiger partial charge in [0.15, 0.2) is 0 Å². The van der Waals surface area contributed by atoms with Gasteiger partial charge in [0.1, 0.15) is 0 Å². The number of hydrogen-bond donors (Lipinski definition) is 2. The number of fused-ring (bicyclic) bond motifs is 1. The van der Waals surface area contributed by atoms with Crippen molar-refractivity contribution in [2.75, 3.05) is 26.2 Å². The van der Waals surface area contributed by atoms with Crippen molar-refractivity contribution in [2.24, 2.45) is 5.92 Å². The van der Waals surface area contributed by atoms with Gasteiger partial charge in [-0.05, 0) is 48.8 Å². The Labute approximate surface area is 148 Å². The van der Waals surface area contributed by atoms with Gasteiger partial charge in [0, 0.05) is 49.6 Å². The molecule has 2 N–H and O–H groups in total. The van der Waals surface area contributed by atoms with E-state index >= 15 is 0 Å². The summed E-state index contributed by atoms with van der Waals surface area (Å²) in [4.78, 5) is 18.3. The van der Waals surface area contributed by atoms with Gasteiger partial charge >= 0.3 is 0 Å². The molecule has 134 valence electrons. The molecule has 0 unspecified atom stereocenters. The van der Waals surface area contributed by atoms with Gasteiger partial charge in [-0.15, -0.1) is 0 Å². The van der Waals surface area contributed by atoms with Gasteiger partial charge in [0.25, 0.3) is 5.91 Å². The first-order valence-electron chi connectivity index (χ1n) is 9.41. The molecule has 25 heavy (non-hydrogen) atoms. The minimum Gasteiger partial charge on any atom is -0.377 e. The molecule has 5 heteroatoms. The largest absolute Gasteiger partial charge is 0.377 e. The highest BCUT2D eigenvalue weighted by Gasteiger charge is 2.29. The van der Waals surface area contributed by atoms with Crippen LogP contribution in [0.25, 0.3) is 10.9 Å². The third-order valence-corrected chi connectivity index (χ3v) is 5.61. The third kappa shape index (κ3) is 3.72. The van der Waals surface area contributed by atoms with E-state index in [-0.39, 0.29) is 11.9 Å². The summed E-state index contributed by atoms with van der Waals surface area (Å²) in [6, 6.07) is 8.09. The summed E-state index contributed by atoms with van der Waals surface area (Å²) < 4.78 is 5.75. The fourth-order valence-corrected chi connectivity index (χ4v) is 4.13. The predicted octanol–water partition coefficient (Wildman–Crippen LogP) is 2.79. The van der Waals surface area contributed by atoms with E-state index in [0.29, 0.717) is 12.0 Å². The minimum atomic E-state index is 0.0286. The lowest BCUT2D eigenvalue weighted by Gasteiger charge is -2.38. The number of nitrogens with one attached hydrogen (secondary N) is 2. The van der Waals surface area contributed by atoms with E-state index in [9.17, 15) is 4.79 Å². The number of piperidine rings is 1. The van der Waals surface area contributed by atoms with Gasteiger partial charge in [-0.25, -0.2) is 0 Å². The smallest absolute Gasteiger partial charge is 0.251 e. The number of nitrogens with zero attached hydrogens (tertiary/aromatic N) is 1. The Bertz CT molecular complexity index is 735. The summed E-state index contributed by atoms with van der Waals surface area (Å²) in [5, 5.41) is 4.38. The van der Waals surface area contributed by atoms with E-state index in [1.165, 1.54) is 12.8 Å². The van der Waals surface area contributed by atoms with E-state index in [1.807, 2.05) is 30.5 Å². The van der Waals surface area contributed by atoms with Gasteiger partial charge < -0.3 is 19.9 Å². The number of rotatable bonds is 4. The number of H-pyrrole nitrogens is 1. The average Bonchev–Trinajstić information content (AvgIpc) is 3.27. The van der Waals surface area contributed by atoms with Gasteiger partial charge in [0.05, 0.1) is 6.10 Å². The molecule has 0 saturated carbocycles. The Morgan fingerprint density at radius 3 is 3.08 bits per heavy atom. The van der Waals surface area contributed by atoms with Crippen LogP contribution in [0.4, 0.5) is 0 Å². The van der Waals surface area contributed by atoms with Crippen LogP contribution in [0.1, 0.15) is 36.5 Å². The van der Waals surface area contributed by atoms with Crippen molar-refractivity contribution in [3.05, 3.63) is 36.0 Å². The monoisotopic (exact) mass is 341 g/mol. The summed E-state index contributed by atoms with van der Waals surface area (Å²) in [6.07, 6.45) is 5.69. The first kappa shape index (κ1) is 16.6. The number of hydrogen-bond acceptors (Lipinski definition) is 3. The van der Waals surface area contributed by atoms with Crippen molar-refractivity contribution in [1.29, 1.82) is 0 Å². The van der Waals surface area contributed by atoms with E-state index in [1.54, 1.807) is 0 Å². The molecule has 2 saturated heterocycles. The van der Waals surface area contributed by atoms with Crippen molar-refractivity contribution in [3.63, 3.8) is 0 Å². The number of aromatic amines is 1. The molecule has 2 aromatic rings.